The van der Waals surface area contributed by atoms with Crippen LogP contribution >= 0.6 is 22.9 Å². The Morgan fingerprint density at radius 1 is 1.21 bits per heavy atom. The van der Waals surface area contributed by atoms with E-state index in [0.29, 0.717) is 9.21 Å². The number of benzene rings is 1. The highest BCUT2D eigenvalue weighted by Gasteiger charge is 2.42. The molecule has 1 saturated heterocycles. The molecule has 10 nitrogen and oxygen atoms in total. The highest BCUT2D eigenvalue weighted by Crippen LogP contribution is 2.26. The lowest BCUT2D eigenvalue weighted by molar-refractivity contribution is -0.120. The predicted octanol–water partition coefficient (Wildman–Crippen LogP) is 3.83. The Kier molecular flexibility index (Phi) is 7.83. The van der Waals surface area contributed by atoms with Crippen LogP contribution in [0.2, 0.25) is 4.34 Å². The molecule has 0 radical (unpaired) electrons. The normalized spacial score (nSPS) is 17.2. The zero-order chi connectivity index (χ0) is 27.6. The second-order valence-corrected chi connectivity index (χ2v) is 11.3. The summed E-state index contributed by atoms with van der Waals surface area (Å²) in [6.45, 7) is 5.10. The van der Waals surface area contributed by atoms with Crippen LogP contribution in [0.4, 0.5) is 14.9 Å². The average molecular weight is 562 g/mol. The van der Waals surface area contributed by atoms with Gasteiger partial charge in [-0.3, -0.25) is 28.8 Å². The maximum Gasteiger partial charge on any atom is 0.411 e. The lowest BCUT2D eigenvalue weighted by Crippen LogP contribution is -2.45. The number of nitrogens with zero attached hydrogens (tertiary/aromatic N) is 3. The molecular formula is C25H25ClFN5O5S. The van der Waals surface area contributed by atoms with Gasteiger partial charge in [0.05, 0.1) is 26.8 Å². The third kappa shape index (κ3) is 6.37. The minimum atomic E-state index is -1.04. The molecule has 0 aliphatic carbocycles. The fourth-order valence-electron chi connectivity index (χ4n) is 3.94. The van der Waals surface area contributed by atoms with Crippen LogP contribution in [0.15, 0.2) is 53.7 Å². The van der Waals surface area contributed by atoms with Crippen molar-refractivity contribution >= 4 is 46.5 Å². The Hall–Kier alpha value is -3.77. The maximum absolute atomic E-state index is 14.9. The van der Waals surface area contributed by atoms with E-state index in [1.54, 1.807) is 32.9 Å². The number of aromatic nitrogens is 2. The van der Waals surface area contributed by atoms with Crippen LogP contribution < -0.4 is 16.2 Å². The second kappa shape index (κ2) is 10.9. The Labute approximate surface area is 226 Å². The Balaban J connectivity index is 1.52. The summed E-state index contributed by atoms with van der Waals surface area (Å²) in [7, 11) is 0. The number of carbonyl (C=O) groups is 3. The third-order valence-corrected chi connectivity index (χ3v) is 6.81. The SMILES string of the molecule is CC(C)(C)OC(=O)N1C[C@@H](NC(=O)c2ccc(Cl)s2)C[C@H]1C(=O)Nc1ccc(-n2ccncc2=O)cc1F. The van der Waals surface area contributed by atoms with Crippen LogP contribution in [0.25, 0.3) is 5.69 Å². The van der Waals surface area contributed by atoms with Crippen LogP contribution in [0.3, 0.4) is 0 Å². The van der Waals surface area contributed by atoms with Crippen molar-refractivity contribution in [2.45, 2.75) is 44.9 Å². The molecule has 13 heteroatoms. The van der Waals surface area contributed by atoms with Crippen molar-refractivity contribution in [2.75, 3.05) is 11.9 Å². The van der Waals surface area contributed by atoms with Crippen LogP contribution in [0, 0.1) is 5.82 Å². The molecule has 3 amide bonds. The van der Waals surface area contributed by atoms with E-state index in [9.17, 15) is 23.6 Å². The quantitative estimate of drug-likeness (QED) is 0.488. The van der Waals surface area contributed by atoms with Gasteiger partial charge in [-0.15, -0.1) is 11.3 Å². The Morgan fingerprint density at radius 3 is 2.61 bits per heavy atom. The van der Waals surface area contributed by atoms with Crippen LogP contribution in [-0.4, -0.2) is 56.6 Å². The van der Waals surface area contributed by atoms with E-state index in [1.807, 2.05) is 0 Å². The summed E-state index contributed by atoms with van der Waals surface area (Å²) in [5.41, 5.74) is -1.15. The number of anilines is 1. The molecule has 2 atom stereocenters. The lowest BCUT2D eigenvalue weighted by Gasteiger charge is -2.28. The number of halogens is 2. The number of likely N-dealkylation sites (tertiary alicyclic amines) is 1. The van der Waals surface area contributed by atoms with Crippen LogP contribution in [0.5, 0.6) is 0 Å². The number of nitrogens with one attached hydrogen (secondary N) is 2. The topological polar surface area (TPSA) is 123 Å². The Morgan fingerprint density at radius 2 is 1.97 bits per heavy atom. The van der Waals surface area contributed by atoms with Crippen molar-refractivity contribution in [3.05, 3.63) is 74.3 Å². The highest BCUT2D eigenvalue weighted by molar-refractivity contribution is 7.18. The molecule has 0 saturated carbocycles. The number of carbonyl (C=O) groups excluding carboxylic acids is 3. The molecule has 1 fully saturated rings. The monoisotopic (exact) mass is 561 g/mol. The minimum Gasteiger partial charge on any atom is -0.444 e. The lowest BCUT2D eigenvalue weighted by atomic mass is 10.1. The molecule has 1 aliphatic rings. The molecule has 0 bridgehead atoms. The fourth-order valence-corrected chi connectivity index (χ4v) is 4.88. The zero-order valence-electron chi connectivity index (χ0n) is 20.7. The smallest absolute Gasteiger partial charge is 0.411 e. The van der Waals surface area contributed by atoms with Gasteiger partial charge < -0.3 is 15.4 Å². The summed E-state index contributed by atoms with van der Waals surface area (Å²) in [6.07, 6.45) is 3.23. The van der Waals surface area contributed by atoms with E-state index < -0.39 is 41.1 Å². The van der Waals surface area contributed by atoms with E-state index in [-0.39, 0.29) is 30.2 Å². The van der Waals surface area contributed by atoms with Gasteiger partial charge in [-0.2, -0.15) is 0 Å². The van der Waals surface area contributed by atoms with E-state index >= 15 is 0 Å². The van der Waals surface area contributed by atoms with E-state index in [0.717, 1.165) is 23.6 Å². The first kappa shape index (κ1) is 27.3. The number of hydrogen-bond acceptors (Lipinski definition) is 7. The summed E-state index contributed by atoms with van der Waals surface area (Å²) in [5, 5.41) is 5.33. The van der Waals surface area contributed by atoms with Gasteiger partial charge in [0.2, 0.25) is 5.91 Å². The van der Waals surface area contributed by atoms with Crippen molar-refractivity contribution in [2.24, 2.45) is 0 Å². The molecule has 0 spiro atoms. The van der Waals surface area contributed by atoms with Crippen molar-refractivity contribution in [3.63, 3.8) is 0 Å². The molecule has 3 aromatic rings. The van der Waals surface area contributed by atoms with Gasteiger partial charge >= 0.3 is 6.09 Å². The van der Waals surface area contributed by atoms with Gasteiger partial charge in [0.1, 0.15) is 17.5 Å². The maximum atomic E-state index is 14.9. The van der Waals surface area contributed by atoms with Gasteiger partial charge in [0.15, 0.2) is 0 Å². The summed E-state index contributed by atoms with van der Waals surface area (Å²) in [6, 6.07) is 5.48. The predicted molar refractivity (Wildman–Crippen MR) is 140 cm³/mol. The van der Waals surface area contributed by atoms with Gasteiger partial charge in [0, 0.05) is 31.0 Å². The van der Waals surface area contributed by atoms with Crippen LogP contribution in [-0.2, 0) is 9.53 Å². The van der Waals surface area contributed by atoms with Gasteiger partial charge in [0.25, 0.3) is 11.5 Å². The fraction of sp³-hybridized carbons (Fsp3) is 0.320. The van der Waals surface area contributed by atoms with Crippen molar-refractivity contribution in [3.8, 4) is 5.69 Å². The van der Waals surface area contributed by atoms with E-state index in [2.05, 4.69) is 15.6 Å². The second-order valence-electron chi connectivity index (χ2n) is 9.60. The molecule has 38 heavy (non-hydrogen) atoms. The summed E-state index contributed by atoms with van der Waals surface area (Å²) in [5.74, 6) is -1.81. The van der Waals surface area contributed by atoms with Crippen molar-refractivity contribution in [1.29, 1.82) is 0 Å². The summed E-state index contributed by atoms with van der Waals surface area (Å²) in [4.78, 5) is 56.1. The highest BCUT2D eigenvalue weighted by atomic mass is 35.5. The number of amides is 3. The van der Waals surface area contributed by atoms with E-state index in [1.165, 1.54) is 34.0 Å². The molecule has 1 aromatic carbocycles. The third-order valence-electron chi connectivity index (χ3n) is 5.58. The molecule has 200 valence electrons. The molecule has 0 unspecified atom stereocenters. The molecule has 2 N–H and O–H groups in total. The number of ether oxygens (including phenoxy) is 1. The standard InChI is InChI=1S/C25H25ClFN5O5S/c1-25(2,3)37-24(36)32-13-14(29-23(35)19-6-7-20(26)38-19)10-18(32)22(34)30-17-5-4-15(11-16(17)27)31-9-8-28-12-21(31)33/h4-9,11-12,14,18H,10,13H2,1-3H3,(H,29,35)(H,30,34)/t14-,18-/m0/s1. The van der Waals surface area contributed by atoms with Crippen molar-refractivity contribution in [1.82, 2.24) is 19.8 Å². The van der Waals surface area contributed by atoms with E-state index in [4.69, 9.17) is 16.3 Å². The van der Waals surface area contributed by atoms with Gasteiger partial charge in [-0.1, -0.05) is 11.6 Å². The number of thiophene rings is 1. The first-order chi connectivity index (χ1) is 17.9. The first-order valence-corrected chi connectivity index (χ1v) is 12.8. The largest absolute Gasteiger partial charge is 0.444 e. The molecule has 3 heterocycles. The molecule has 2 aromatic heterocycles. The number of hydrogen-bond donors (Lipinski definition) is 2. The van der Waals surface area contributed by atoms with Crippen LogP contribution in [0.1, 0.15) is 36.9 Å². The minimum absolute atomic E-state index is 0.0181. The summed E-state index contributed by atoms with van der Waals surface area (Å²) < 4.78 is 22.0. The Bertz CT molecular complexity index is 1440. The summed E-state index contributed by atoms with van der Waals surface area (Å²) >= 11 is 7.03. The van der Waals surface area contributed by atoms with Gasteiger partial charge in [-0.05, 0) is 51.5 Å². The zero-order valence-corrected chi connectivity index (χ0v) is 22.3. The van der Waals surface area contributed by atoms with Gasteiger partial charge in [-0.25, -0.2) is 9.18 Å². The molecule has 4 rings (SSSR count). The molecule has 1 aliphatic heterocycles. The van der Waals surface area contributed by atoms with Crippen molar-refractivity contribution < 1.29 is 23.5 Å². The molecular weight excluding hydrogens is 537 g/mol. The average Bonchev–Trinajstić information content (AvgIpc) is 3.46. The first-order valence-electron chi connectivity index (χ1n) is 11.6. The number of rotatable bonds is 5.